The third kappa shape index (κ3) is 5.82. The van der Waals surface area contributed by atoms with E-state index in [2.05, 4.69) is 10.3 Å². The third-order valence-electron chi connectivity index (χ3n) is 2.57. The Morgan fingerprint density at radius 3 is 2.65 bits per heavy atom. The Labute approximate surface area is 119 Å². The van der Waals surface area contributed by atoms with E-state index in [1.54, 1.807) is 18.5 Å². The molecule has 0 unspecified atom stereocenters. The van der Waals surface area contributed by atoms with Crippen LogP contribution < -0.4 is 5.32 Å². The summed E-state index contributed by atoms with van der Waals surface area (Å²) in [5.74, 6) is 0.0656. The van der Waals surface area contributed by atoms with Crippen molar-refractivity contribution in [3.05, 3.63) is 29.6 Å². The van der Waals surface area contributed by atoms with Crippen LogP contribution in [-0.2, 0) is 4.74 Å². The predicted octanol–water partition coefficient (Wildman–Crippen LogP) is 2.88. The number of Topliss-reactive ketones (excluding diaryl/α,β-unsaturated/α-hetero) is 1. The molecule has 0 spiro atoms. The van der Waals surface area contributed by atoms with Gasteiger partial charge in [0.1, 0.15) is 5.60 Å². The number of nitrogens with one attached hydrogen (secondary N) is 1. The lowest BCUT2D eigenvalue weighted by Gasteiger charge is -2.19. The Bertz CT molecular complexity index is 478. The fraction of sp³-hybridized carbons (Fsp3) is 0.533. The number of aromatic nitrogens is 1. The van der Waals surface area contributed by atoms with Crippen molar-refractivity contribution in [3.8, 4) is 0 Å². The average Bonchev–Trinajstić information content (AvgIpc) is 2.33. The van der Waals surface area contributed by atoms with Crippen LogP contribution in [0.1, 0.15) is 49.5 Å². The number of ketones is 1. The minimum Gasteiger partial charge on any atom is -0.444 e. The van der Waals surface area contributed by atoms with Gasteiger partial charge < -0.3 is 10.1 Å². The van der Waals surface area contributed by atoms with Gasteiger partial charge in [0.15, 0.2) is 5.78 Å². The summed E-state index contributed by atoms with van der Waals surface area (Å²) in [6.45, 7) is 7.71. The highest BCUT2D eigenvalue weighted by Gasteiger charge is 2.15. The number of hydrogen-bond donors (Lipinski definition) is 1. The zero-order chi connectivity index (χ0) is 15.2. The van der Waals surface area contributed by atoms with E-state index in [-0.39, 0.29) is 5.78 Å². The molecule has 0 radical (unpaired) electrons. The Kier molecular flexibility index (Phi) is 5.67. The lowest BCUT2D eigenvalue weighted by molar-refractivity contribution is 0.0525. The maximum atomic E-state index is 12.0. The molecule has 0 saturated carbocycles. The highest BCUT2D eigenvalue weighted by molar-refractivity contribution is 5.97. The van der Waals surface area contributed by atoms with Gasteiger partial charge >= 0.3 is 6.09 Å². The van der Waals surface area contributed by atoms with E-state index in [1.807, 2.05) is 27.7 Å². The molecule has 5 heteroatoms. The second kappa shape index (κ2) is 7.03. The van der Waals surface area contributed by atoms with E-state index in [0.29, 0.717) is 24.9 Å². The van der Waals surface area contributed by atoms with Gasteiger partial charge in [0.2, 0.25) is 0 Å². The zero-order valence-electron chi connectivity index (χ0n) is 12.5. The summed E-state index contributed by atoms with van der Waals surface area (Å²) in [7, 11) is 0. The summed E-state index contributed by atoms with van der Waals surface area (Å²) in [4.78, 5) is 27.3. The van der Waals surface area contributed by atoms with Crippen LogP contribution in [0.25, 0.3) is 0 Å². The van der Waals surface area contributed by atoms with Gasteiger partial charge in [-0.05, 0) is 45.7 Å². The van der Waals surface area contributed by atoms with Gasteiger partial charge in [-0.15, -0.1) is 0 Å². The number of nitrogens with zero attached hydrogens (tertiary/aromatic N) is 1. The smallest absolute Gasteiger partial charge is 0.407 e. The summed E-state index contributed by atoms with van der Waals surface area (Å²) in [5.41, 5.74) is 1.06. The van der Waals surface area contributed by atoms with Gasteiger partial charge in [-0.25, -0.2) is 4.79 Å². The van der Waals surface area contributed by atoms with Crippen LogP contribution in [0, 0.1) is 6.92 Å². The standard InChI is InChI=1S/C15H22N2O3/c1-11-10-16-9-7-12(11)13(18)6-5-8-17-14(19)20-15(2,3)4/h7,9-10H,5-6,8H2,1-4H3,(H,17,19). The fourth-order valence-electron chi connectivity index (χ4n) is 1.67. The third-order valence-corrected chi connectivity index (χ3v) is 2.57. The first-order valence-electron chi connectivity index (χ1n) is 6.70. The molecular weight excluding hydrogens is 256 g/mol. The molecule has 110 valence electrons. The molecule has 5 nitrogen and oxygen atoms in total. The number of pyridine rings is 1. The van der Waals surface area contributed by atoms with E-state index in [1.165, 1.54) is 0 Å². The van der Waals surface area contributed by atoms with Gasteiger partial charge in [0, 0.05) is 30.9 Å². The number of ether oxygens (including phenoxy) is 1. The Morgan fingerprint density at radius 1 is 1.35 bits per heavy atom. The summed E-state index contributed by atoms with van der Waals surface area (Å²) in [6.07, 6.45) is 3.80. The summed E-state index contributed by atoms with van der Waals surface area (Å²) in [5, 5.41) is 2.63. The van der Waals surface area contributed by atoms with Gasteiger partial charge in [0.25, 0.3) is 0 Å². The zero-order valence-corrected chi connectivity index (χ0v) is 12.5. The molecule has 0 aliphatic heterocycles. The lowest BCUT2D eigenvalue weighted by Crippen LogP contribution is -2.33. The molecule has 0 atom stereocenters. The molecule has 0 fully saturated rings. The molecule has 0 aliphatic rings. The first kappa shape index (κ1) is 16.1. The fourth-order valence-corrected chi connectivity index (χ4v) is 1.67. The number of hydrogen-bond acceptors (Lipinski definition) is 4. The SMILES string of the molecule is Cc1cnccc1C(=O)CCCNC(=O)OC(C)(C)C. The topological polar surface area (TPSA) is 68.3 Å². The Hall–Kier alpha value is -1.91. The van der Waals surface area contributed by atoms with Gasteiger partial charge in [0.05, 0.1) is 0 Å². The van der Waals surface area contributed by atoms with E-state index in [0.717, 1.165) is 5.56 Å². The molecule has 1 aromatic heterocycles. The molecule has 1 aromatic rings. The second-order valence-corrected chi connectivity index (χ2v) is 5.65. The van der Waals surface area contributed by atoms with Crippen LogP contribution in [0.5, 0.6) is 0 Å². The van der Waals surface area contributed by atoms with E-state index >= 15 is 0 Å². The van der Waals surface area contributed by atoms with Gasteiger partial charge in [-0.2, -0.15) is 0 Å². The second-order valence-electron chi connectivity index (χ2n) is 5.65. The lowest BCUT2D eigenvalue weighted by atomic mass is 10.0. The molecule has 0 aromatic carbocycles. The quantitative estimate of drug-likeness (QED) is 0.664. The largest absolute Gasteiger partial charge is 0.444 e. The van der Waals surface area contributed by atoms with Gasteiger partial charge in [-0.1, -0.05) is 0 Å². The maximum absolute atomic E-state index is 12.0. The van der Waals surface area contributed by atoms with Crippen molar-refractivity contribution in [2.75, 3.05) is 6.54 Å². The highest BCUT2D eigenvalue weighted by atomic mass is 16.6. The van der Waals surface area contributed by atoms with E-state index < -0.39 is 11.7 Å². The maximum Gasteiger partial charge on any atom is 0.407 e. The van der Waals surface area contributed by atoms with Crippen molar-refractivity contribution in [2.24, 2.45) is 0 Å². The number of carbonyl (C=O) groups excluding carboxylic acids is 2. The number of amides is 1. The first-order valence-corrected chi connectivity index (χ1v) is 6.70. The first-order chi connectivity index (χ1) is 9.29. The van der Waals surface area contributed by atoms with E-state index in [9.17, 15) is 9.59 Å². The molecule has 1 rings (SSSR count). The average molecular weight is 278 g/mol. The Balaban J connectivity index is 2.30. The van der Waals surface area contributed by atoms with Crippen LogP contribution in [0.3, 0.4) is 0 Å². The monoisotopic (exact) mass is 278 g/mol. The van der Waals surface area contributed by atoms with Crippen molar-refractivity contribution in [2.45, 2.75) is 46.1 Å². The van der Waals surface area contributed by atoms with Crippen molar-refractivity contribution >= 4 is 11.9 Å². The van der Waals surface area contributed by atoms with Crippen LogP contribution in [0.4, 0.5) is 4.79 Å². The number of rotatable bonds is 5. The summed E-state index contributed by atoms with van der Waals surface area (Å²) < 4.78 is 5.11. The van der Waals surface area contributed by atoms with Crippen molar-refractivity contribution in [1.82, 2.24) is 10.3 Å². The minimum absolute atomic E-state index is 0.0656. The number of alkyl carbamates (subject to hydrolysis) is 1. The summed E-state index contributed by atoms with van der Waals surface area (Å²) in [6, 6.07) is 1.72. The number of aryl methyl sites for hydroxylation is 1. The molecule has 1 amide bonds. The van der Waals surface area contributed by atoms with Crippen LogP contribution >= 0.6 is 0 Å². The molecule has 20 heavy (non-hydrogen) atoms. The van der Waals surface area contributed by atoms with Crippen molar-refractivity contribution < 1.29 is 14.3 Å². The molecule has 1 N–H and O–H groups in total. The molecule has 0 saturated heterocycles. The molecule has 0 aliphatic carbocycles. The highest BCUT2D eigenvalue weighted by Crippen LogP contribution is 2.09. The van der Waals surface area contributed by atoms with Crippen LogP contribution in [0.2, 0.25) is 0 Å². The van der Waals surface area contributed by atoms with Crippen LogP contribution in [-0.4, -0.2) is 29.0 Å². The minimum atomic E-state index is -0.506. The summed E-state index contributed by atoms with van der Waals surface area (Å²) >= 11 is 0. The van der Waals surface area contributed by atoms with Gasteiger partial charge in [-0.3, -0.25) is 9.78 Å². The molecular formula is C15H22N2O3. The molecule has 1 heterocycles. The number of carbonyl (C=O) groups is 2. The molecule has 0 bridgehead atoms. The van der Waals surface area contributed by atoms with E-state index in [4.69, 9.17) is 4.74 Å². The van der Waals surface area contributed by atoms with Crippen molar-refractivity contribution in [1.29, 1.82) is 0 Å². The van der Waals surface area contributed by atoms with Crippen LogP contribution in [0.15, 0.2) is 18.5 Å². The predicted molar refractivity (Wildman–Crippen MR) is 76.8 cm³/mol. The van der Waals surface area contributed by atoms with Crippen molar-refractivity contribution in [3.63, 3.8) is 0 Å². The Morgan fingerprint density at radius 2 is 2.05 bits per heavy atom. The normalized spacial score (nSPS) is 11.0.